The molecule has 1 heterocycles. The molecule has 2 N–H and O–H groups in total. The molecular formula is C19H23NO2. The molecule has 0 radical (unpaired) electrons. The zero-order valence-electron chi connectivity index (χ0n) is 12.8. The third-order valence-corrected chi connectivity index (χ3v) is 5.32. The van der Waals surface area contributed by atoms with E-state index in [4.69, 9.17) is 0 Å². The highest BCUT2D eigenvalue weighted by atomic mass is 16.3. The van der Waals surface area contributed by atoms with Gasteiger partial charge in [0.1, 0.15) is 0 Å². The molecule has 2 atom stereocenters. The fourth-order valence-electron chi connectivity index (χ4n) is 3.84. The van der Waals surface area contributed by atoms with Gasteiger partial charge >= 0.3 is 0 Å². The van der Waals surface area contributed by atoms with Gasteiger partial charge < -0.3 is 10.2 Å². The van der Waals surface area contributed by atoms with Gasteiger partial charge in [-0.3, -0.25) is 4.90 Å². The molecule has 2 fully saturated rings. The van der Waals surface area contributed by atoms with E-state index in [2.05, 4.69) is 35.2 Å². The molecule has 2 aromatic rings. The molecule has 1 aliphatic carbocycles. The predicted molar refractivity (Wildman–Crippen MR) is 87.8 cm³/mol. The van der Waals surface area contributed by atoms with E-state index in [0.29, 0.717) is 13.0 Å². The van der Waals surface area contributed by atoms with Crippen LogP contribution >= 0.6 is 0 Å². The lowest BCUT2D eigenvalue weighted by Crippen LogP contribution is -2.32. The summed E-state index contributed by atoms with van der Waals surface area (Å²) in [7, 11) is 0. The van der Waals surface area contributed by atoms with Crippen molar-refractivity contribution in [3.63, 3.8) is 0 Å². The van der Waals surface area contributed by atoms with Gasteiger partial charge in [-0.2, -0.15) is 0 Å². The second kappa shape index (κ2) is 5.34. The monoisotopic (exact) mass is 297 g/mol. The zero-order valence-corrected chi connectivity index (χ0v) is 12.8. The highest BCUT2D eigenvalue weighted by Gasteiger charge is 2.54. The van der Waals surface area contributed by atoms with Gasteiger partial charge in [0.2, 0.25) is 0 Å². The van der Waals surface area contributed by atoms with Crippen LogP contribution in [0.25, 0.3) is 10.8 Å². The van der Waals surface area contributed by atoms with Crippen molar-refractivity contribution in [3.8, 4) is 0 Å². The summed E-state index contributed by atoms with van der Waals surface area (Å²) in [5.74, 6) is 0. The molecule has 1 saturated carbocycles. The minimum atomic E-state index is -0.373. The number of benzene rings is 2. The number of rotatable bonds is 4. The van der Waals surface area contributed by atoms with Crippen molar-refractivity contribution in [2.24, 2.45) is 5.41 Å². The molecule has 3 nitrogen and oxygen atoms in total. The van der Waals surface area contributed by atoms with Crippen molar-refractivity contribution in [2.45, 2.75) is 31.5 Å². The number of fused-ring (bicyclic) bond motifs is 1. The van der Waals surface area contributed by atoms with Crippen molar-refractivity contribution in [2.75, 3.05) is 19.6 Å². The van der Waals surface area contributed by atoms with Gasteiger partial charge in [-0.1, -0.05) is 42.5 Å². The molecule has 0 bridgehead atoms. The summed E-state index contributed by atoms with van der Waals surface area (Å²) < 4.78 is 0. The smallest absolute Gasteiger partial charge is 0.0735 e. The van der Waals surface area contributed by atoms with E-state index < -0.39 is 0 Å². The van der Waals surface area contributed by atoms with Gasteiger partial charge in [-0.15, -0.1) is 0 Å². The number of aliphatic hydroxyl groups is 2. The van der Waals surface area contributed by atoms with Crippen LogP contribution in [0.1, 0.15) is 18.4 Å². The van der Waals surface area contributed by atoms with Crippen LogP contribution < -0.4 is 0 Å². The molecule has 1 saturated heterocycles. The van der Waals surface area contributed by atoms with Crippen molar-refractivity contribution < 1.29 is 10.2 Å². The number of hydrogen-bond donors (Lipinski definition) is 2. The Balaban J connectivity index is 1.39. The van der Waals surface area contributed by atoms with Gasteiger partial charge in [-0.05, 0) is 35.6 Å². The summed E-state index contributed by atoms with van der Waals surface area (Å²) in [6.45, 7) is 2.32. The first-order chi connectivity index (χ1) is 10.6. The first kappa shape index (κ1) is 14.2. The lowest BCUT2D eigenvalue weighted by atomic mass is 10.0. The number of aliphatic hydroxyl groups excluding tert-OH is 2. The normalized spacial score (nSPS) is 24.9. The van der Waals surface area contributed by atoms with E-state index in [0.717, 1.165) is 25.9 Å². The standard InChI is InChI=1S/C19H23NO2/c21-17(11-20-12-18(22)19(13-20)7-8-19)10-14-5-6-15-3-1-2-4-16(15)9-14/h1-6,9,17-18,21-22H,7-8,10-13H2. The van der Waals surface area contributed by atoms with Crippen molar-refractivity contribution in [1.82, 2.24) is 4.90 Å². The Morgan fingerprint density at radius 1 is 1.14 bits per heavy atom. The molecule has 4 rings (SSSR count). The molecule has 1 spiro atoms. The maximum Gasteiger partial charge on any atom is 0.0735 e. The molecule has 1 aliphatic heterocycles. The Bertz CT molecular complexity index is 680. The second-order valence-corrected chi connectivity index (χ2v) is 7.11. The first-order valence-corrected chi connectivity index (χ1v) is 8.21. The van der Waals surface area contributed by atoms with Crippen LogP contribution in [0, 0.1) is 5.41 Å². The second-order valence-electron chi connectivity index (χ2n) is 7.11. The quantitative estimate of drug-likeness (QED) is 0.909. The van der Waals surface area contributed by atoms with Crippen LogP contribution in [0.4, 0.5) is 0 Å². The number of nitrogens with zero attached hydrogens (tertiary/aromatic N) is 1. The van der Waals surface area contributed by atoms with Gasteiger partial charge in [0.25, 0.3) is 0 Å². The summed E-state index contributed by atoms with van der Waals surface area (Å²) in [4.78, 5) is 2.23. The molecule has 0 aromatic heterocycles. The van der Waals surface area contributed by atoms with Gasteiger partial charge in [0.15, 0.2) is 0 Å². The summed E-state index contributed by atoms with van der Waals surface area (Å²) in [5, 5.41) is 22.9. The fraction of sp³-hybridized carbons (Fsp3) is 0.474. The summed E-state index contributed by atoms with van der Waals surface area (Å²) in [5.41, 5.74) is 1.34. The molecule has 2 unspecified atom stereocenters. The van der Waals surface area contributed by atoms with Gasteiger partial charge in [0, 0.05) is 25.0 Å². The Kier molecular flexibility index (Phi) is 3.44. The molecule has 0 amide bonds. The summed E-state index contributed by atoms with van der Waals surface area (Å²) in [6.07, 6.45) is 2.39. The third-order valence-electron chi connectivity index (χ3n) is 5.32. The zero-order chi connectivity index (χ0) is 15.2. The minimum Gasteiger partial charge on any atom is -0.391 e. The first-order valence-electron chi connectivity index (χ1n) is 8.21. The summed E-state index contributed by atoms with van der Waals surface area (Å²) >= 11 is 0. The highest BCUT2D eigenvalue weighted by molar-refractivity contribution is 5.82. The lowest BCUT2D eigenvalue weighted by molar-refractivity contribution is 0.110. The Morgan fingerprint density at radius 2 is 1.91 bits per heavy atom. The van der Waals surface area contributed by atoms with Crippen LogP contribution in [-0.4, -0.2) is 47.0 Å². The molecule has 2 aromatic carbocycles. The fourth-order valence-corrected chi connectivity index (χ4v) is 3.84. The predicted octanol–water partition coefficient (Wildman–Crippen LogP) is 2.20. The number of likely N-dealkylation sites (tertiary alicyclic amines) is 1. The van der Waals surface area contributed by atoms with Crippen molar-refractivity contribution in [1.29, 1.82) is 0 Å². The van der Waals surface area contributed by atoms with Crippen LogP contribution in [0.2, 0.25) is 0 Å². The van der Waals surface area contributed by atoms with Crippen molar-refractivity contribution in [3.05, 3.63) is 48.0 Å². The third kappa shape index (κ3) is 2.65. The average Bonchev–Trinajstić information content (AvgIpc) is 3.21. The average molecular weight is 297 g/mol. The summed E-state index contributed by atoms with van der Waals surface area (Å²) in [6, 6.07) is 14.7. The number of β-amino-alcohol motifs (C(OH)–C–C–N with tert-alkyl or cyclic N) is 2. The Hall–Kier alpha value is -1.42. The maximum absolute atomic E-state index is 10.4. The largest absolute Gasteiger partial charge is 0.391 e. The van der Waals surface area contributed by atoms with Gasteiger partial charge in [0.05, 0.1) is 12.2 Å². The topological polar surface area (TPSA) is 43.7 Å². The van der Waals surface area contributed by atoms with E-state index in [-0.39, 0.29) is 17.6 Å². The van der Waals surface area contributed by atoms with Crippen molar-refractivity contribution >= 4 is 10.8 Å². The molecule has 3 heteroatoms. The van der Waals surface area contributed by atoms with Crippen LogP contribution in [0.3, 0.4) is 0 Å². The van der Waals surface area contributed by atoms with E-state index in [9.17, 15) is 10.2 Å². The Morgan fingerprint density at radius 3 is 2.64 bits per heavy atom. The number of hydrogen-bond acceptors (Lipinski definition) is 3. The van der Waals surface area contributed by atoms with Crippen LogP contribution in [0.5, 0.6) is 0 Å². The molecule has 22 heavy (non-hydrogen) atoms. The van der Waals surface area contributed by atoms with Gasteiger partial charge in [-0.25, -0.2) is 0 Å². The lowest BCUT2D eigenvalue weighted by Gasteiger charge is -2.20. The molecule has 2 aliphatic rings. The van der Waals surface area contributed by atoms with E-state index >= 15 is 0 Å². The van der Waals surface area contributed by atoms with Crippen LogP contribution in [0.15, 0.2) is 42.5 Å². The minimum absolute atomic E-state index is 0.169. The molecular weight excluding hydrogens is 274 g/mol. The maximum atomic E-state index is 10.4. The van der Waals surface area contributed by atoms with E-state index in [1.165, 1.54) is 16.3 Å². The Labute approximate surface area is 131 Å². The van der Waals surface area contributed by atoms with E-state index in [1.807, 2.05) is 12.1 Å². The van der Waals surface area contributed by atoms with E-state index in [1.54, 1.807) is 0 Å². The highest BCUT2D eigenvalue weighted by Crippen LogP contribution is 2.52. The van der Waals surface area contributed by atoms with Crippen LogP contribution in [-0.2, 0) is 6.42 Å². The SMILES string of the molecule is OC(Cc1ccc2ccccc2c1)CN1CC(O)C2(CC2)C1. The molecule has 116 valence electrons.